The van der Waals surface area contributed by atoms with E-state index in [1.54, 1.807) is 7.11 Å². The fraction of sp³-hybridized carbons (Fsp3) is 1.00. The summed E-state index contributed by atoms with van der Waals surface area (Å²) in [6, 6.07) is 0. The van der Waals surface area contributed by atoms with E-state index in [1.165, 1.54) is 0 Å². The van der Waals surface area contributed by atoms with E-state index in [0.717, 1.165) is 19.3 Å². The molecule has 0 radical (unpaired) electrons. The Morgan fingerprint density at radius 3 is 2.87 bits per heavy atom. The van der Waals surface area contributed by atoms with E-state index >= 15 is 0 Å². The summed E-state index contributed by atoms with van der Waals surface area (Å²) < 4.78 is 16.4. The molecule has 2 atom stereocenters. The molecular weight excluding hydrogens is 216 g/mol. The summed E-state index contributed by atoms with van der Waals surface area (Å²) in [6.45, 7) is 0.503. The molecule has 0 aromatic rings. The highest BCUT2D eigenvalue weighted by atomic mass is 28.2. The molecule has 1 saturated heterocycles. The van der Waals surface area contributed by atoms with Crippen LogP contribution in [0, 0.1) is 0 Å². The Morgan fingerprint density at radius 2 is 2.33 bits per heavy atom. The molecule has 1 heterocycles. The maximum absolute atomic E-state index is 9.22. The van der Waals surface area contributed by atoms with Gasteiger partial charge in [-0.25, -0.2) is 0 Å². The van der Waals surface area contributed by atoms with Gasteiger partial charge in [0.15, 0.2) is 5.41 Å². The van der Waals surface area contributed by atoms with Crippen LogP contribution >= 0.6 is 0 Å². The molecule has 1 aliphatic heterocycles. The topological polar surface area (TPSA) is 68.2 Å². The zero-order valence-electron chi connectivity index (χ0n) is 9.15. The second-order valence-corrected chi connectivity index (χ2v) is 5.74. The van der Waals surface area contributed by atoms with E-state index < -0.39 is 21.3 Å². The minimum atomic E-state index is -0.919. The van der Waals surface area contributed by atoms with Gasteiger partial charge in [-0.2, -0.15) is 0 Å². The number of aliphatic hydroxyl groups excluding tert-OH is 2. The van der Waals surface area contributed by atoms with Gasteiger partial charge in [0, 0.05) is 13.7 Å². The molecule has 1 aliphatic rings. The average Bonchev–Trinajstić information content (AvgIpc) is 2.28. The fourth-order valence-electron chi connectivity index (χ4n) is 1.62. The minimum Gasteiger partial charge on any atom is -0.421 e. The third-order valence-corrected chi connectivity index (χ3v) is 3.92. The first-order valence-electron chi connectivity index (χ1n) is 5.28. The van der Waals surface area contributed by atoms with Crippen LogP contribution in [0.15, 0.2) is 0 Å². The molecule has 2 unspecified atom stereocenters. The molecule has 0 aromatic carbocycles. The molecule has 15 heavy (non-hydrogen) atoms. The lowest BCUT2D eigenvalue weighted by Crippen LogP contribution is -2.47. The SMILES string of the molecule is CO[SiH2]C1(OCC(O)CO)CCCCO1. The summed E-state index contributed by atoms with van der Waals surface area (Å²) in [5.41, 5.74) is -0.594. The zero-order chi connectivity index (χ0) is 11.1. The van der Waals surface area contributed by atoms with Gasteiger partial charge in [-0.05, 0) is 19.3 Å². The molecule has 2 N–H and O–H groups in total. The van der Waals surface area contributed by atoms with Crippen LogP contribution in [0.4, 0.5) is 0 Å². The lowest BCUT2D eigenvalue weighted by Gasteiger charge is -2.36. The summed E-state index contributed by atoms with van der Waals surface area (Å²) in [7, 11) is 0.732. The quantitative estimate of drug-likeness (QED) is 0.576. The van der Waals surface area contributed by atoms with Gasteiger partial charge in [-0.3, -0.25) is 0 Å². The summed E-state index contributed by atoms with van der Waals surface area (Å²) >= 11 is 0. The first-order valence-corrected chi connectivity index (χ1v) is 6.57. The van der Waals surface area contributed by atoms with E-state index in [2.05, 4.69) is 0 Å². The van der Waals surface area contributed by atoms with Crippen LogP contribution in [-0.2, 0) is 13.9 Å². The van der Waals surface area contributed by atoms with Gasteiger partial charge in [0.05, 0.1) is 13.2 Å². The monoisotopic (exact) mass is 236 g/mol. The predicted octanol–water partition coefficient (Wildman–Crippen LogP) is -1.06. The second-order valence-electron chi connectivity index (χ2n) is 3.80. The highest BCUT2D eigenvalue weighted by Gasteiger charge is 2.35. The smallest absolute Gasteiger partial charge is 0.227 e. The van der Waals surface area contributed by atoms with Crippen LogP contribution in [0.3, 0.4) is 0 Å². The lowest BCUT2D eigenvalue weighted by molar-refractivity contribution is -0.217. The number of ether oxygens (including phenoxy) is 2. The standard InChI is InChI=1S/C9H20O5Si/c1-12-15-9(4-2-3-5-13-9)14-7-8(11)6-10/h8,10-11H,2-7,15H2,1H3. The van der Waals surface area contributed by atoms with Gasteiger partial charge in [0.2, 0.25) is 9.76 Å². The van der Waals surface area contributed by atoms with Crippen LogP contribution in [0.1, 0.15) is 19.3 Å². The number of hydrogen-bond donors (Lipinski definition) is 2. The van der Waals surface area contributed by atoms with Crippen LogP contribution in [0.25, 0.3) is 0 Å². The molecule has 0 spiro atoms. The summed E-state index contributed by atoms with van der Waals surface area (Å²) in [4.78, 5) is 0. The molecule has 0 amide bonds. The molecule has 1 fully saturated rings. The molecule has 6 heteroatoms. The van der Waals surface area contributed by atoms with Crippen molar-refractivity contribution in [3.8, 4) is 0 Å². The molecule has 0 aliphatic carbocycles. The Bertz CT molecular complexity index is 166. The number of aliphatic hydroxyl groups is 2. The van der Waals surface area contributed by atoms with Gasteiger partial charge >= 0.3 is 0 Å². The van der Waals surface area contributed by atoms with E-state index in [9.17, 15) is 5.11 Å². The van der Waals surface area contributed by atoms with E-state index in [0.29, 0.717) is 6.61 Å². The molecular formula is C9H20O5Si. The van der Waals surface area contributed by atoms with Crippen molar-refractivity contribution in [1.29, 1.82) is 0 Å². The fourth-order valence-corrected chi connectivity index (χ4v) is 2.88. The third kappa shape index (κ3) is 4.18. The predicted molar refractivity (Wildman–Crippen MR) is 57.1 cm³/mol. The Kier molecular flexibility index (Phi) is 5.73. The maximum Gasteiger partial charge on any atom is 0.227 e. The first kappa shape index (κ1) is 13.1. The zero-order valence-corrected chi connectivity index (χ0v) is 10.6. The van der Waals surface area contributed by atoms with Crippen molar-refractivity contribution in [2.75, 3.05) is 26.9 Å². The maximum atomic E-state index is 9.22. The second kappa shape index (κ2) is 6.57. The highest BCUT2D eigenvalue weighted by Crippen LogP contribution is 2.25. The molecule has 1 rings (SSSR count). The van der Waals surface area contributed by atoms with Gasteiger partial charge in [0.1, 0.15) is 6.10 Å². The van der Waals surface area contributed by atoms with Crippen molar-refractivity contribution in [3.63, 3.8) is 0 Å². The van der Waals surface area contributed by atoms with Crippen LogP contribution < -0.4 is 0 Å². The van der Waals surface area contributed by atoms with Crippen LogP contribution in [0.2, 0.25) is 0 Å². The molecule has 90 valence electrons. The molecule has 0 saturated carbocycles. The van der Waals surface area contributed by atoms with E-state index in [-0.39, 0.29) is 13.2 Å². The average molecular weight is 236 g/mol. The van der Waals surface area contributed by atoms with Crippen LogP contribution in [0.5, 0.6) is 0 Å². The van der Waals surface area contributed by atoms with Crippen molar-refractivity contribution in [3.05, 3.63) is 0 Å². The Labute approximate surface area is 92.3 Å². The Hall–Kier alpha value is 0.0169. The summed E-state index contributed by atoms with van der Waals surface area (Å²) in [5, 5.41) is 17.9. The van der Waals surface area contributed by atoms with Crippen molar-refractivity contribution in [2.45, 2.75) is 30.8 Å². The van der Waals surface area contributed by atoms with Gasteiger partial charge in [0.25, 0.3) is 0 Å². The Balaban J connectivity index is 2.41. The number of rotatable bonds is 6. The molecule has 0 bridgehead atoms. The molecule has 5 nitrogen and oxygen atoms in total. The largest absolute Gasteiger partial charge is 0.421 e. The van der Waals surface area contributed by atoms with Crippen molar-refractivity contribution in [1.82, 2.24) is 0 Å². The Morgan fingerprint density at radius 1 is 1.53 bits per heavy atom. The van der Waals surface area contributed by atoms with E-state index in [4.69, 9.17) is 19.0 Å². The molecule has 0 aromatic heterocycles. The van der Waals surface area contributed by atoms with E-state index in [1.807, 2.05) is 0 Å². The van der Waals surface area contributed by atoms with Gasteiger partial charge in [-0.15, -0.1) is 0 Å². The van der Waals surface area contributed by atoms with Crippen molar-refractivity contribution >= 4 is 9.76 Å². The highest BCUT2D eigenvalue weighted by molar-refractivity contribution is 6.31. The summed E-state index contributed by atoms with van der Waals surface area (Å²) in [5.74, 6) is 0. The van der Waals surface area contributed by atoms with Crippen molar-refractivity contribution < 1.29 is 24.1 Å². The van der Waals surface area contributed by atoms with Crippen molar-refractivity contribution in [2.24, 2.45) is 0 Å². The van der Waals surface area contributed by atoms with Gasteiger partial charge < -0.3 is 24.1 Å². The normalized spacial score (nSPS) is 29.8. The summed E-state index contributed by atoms with van der Waals surface area (Å²) in [6.07, 6.45) is 2.10. The van der Waals surface area contributed by atoms with Crippen LogP contribution in [-0.4, -0.2) is 58.4 Å². The third-order valence-electron chi connectivity index (χ3n) is 2.43. The number of hydrogen-bond acceptors (Lipinski definition) is 5. The first-order chi connectivity index (χ1) is 7.22. The minimum absolute atomic E-state index is 0.104. The lowest BCUT2D eigenvalue weighted by atomic mass is 10.2. The van der Waals surface area contributed by atoms with Gasteiger partial charge in [-0.1, -0.05) is 0 Å².